The Hall–Kier alpha value is -2.42. The molecule has 1 aromatic heterocycles. The van der Waals surface area contributed by atoms with Gasteiger partial charge in [-0.2, -0.15) is 9.97 Å². The number of rotatable bonds is 6. The van der Waals surface area contributed by atoms with Gasteiger partial charge in [0.15, 0.2) is 5.82 Å². The van der Waals surface area contributed by atoms with Crippen molar-refractivity contribution >= 4 is 15.8 Å². The molecule has 0 saturated heterocycles. The summed E-state index contributed by atoms with van der Waals surface area (Å²) in [6.07, 6.45) is 0. The van der Waals surface area contributed by atoms with Crippen molar-refractivity contribution < 1.29 is 22.3 Å². The molecule has 2 rings (SSSR count). The molecule has 0 aliphatic rings. The van der Waals surface area contributed by atoms with Crippen LogP contribution in [0, 0.1) is 5.82 Å². The highest BCUT2D eigenvalue weighted by Gasteiger charge is 2.15. The summed E-state index contributed by atoms with van der Waals surface area (Å²) in [6.45, 7) is 0. The molecule has 0 bridgehead atoms. The van der Waals surface area contributed by atoms with Crippen LogP contribution in [-0.4, -0.2) is 32.6 Å². The zero-order valence-corrected chi connectivity index (χ0v) is 12.7. The fourth-order valence-electron chi connectivity index (χ4n) is 1.69. The predicted octanol–water partition coefficient (Wildman–Crippen LogP) is 1.57. The molecule has 0 unspecified atom stereocenters. The number of hydrogen-bond acceptors (Lipinski definition) is 6. The molecule has 0 spiro atoms. The van der Waals surface area contributed by atoms with E-state index in [1.54, 1.807) is 0 Å². The molecule has 7 nitrogen and oxygen atoms in total. The minimum Gasteiger partial charge on any atom is -0.481 e. The third kappa shape index (κ3) is 4.29. The second-order valence-electron chi connectivity index (χ2n) is 4.27. The van der Waals surface area contributed by atoms with E-state index in [1.165, 1.54) is 38.5 Å². The van der Waals surface area contributed by atoms with E-state index in [-0.39, 0.29) is 23.5 Å². The third-order valence-corrected chi connectivity index (χ3v) is 3.81. The van der Waals surface area contributed by atoms with Gasteiger partial charge in [0, 0.05) is 6.07 Å². The molecule has 22 heavy (non-hydrogen) atoms. The van der Waals surface area contributed by atoms with Crippen LogP contribution in [0.1, 0.15) is 5.56 Å². The zero-order chi connectivity index (χ0) is 16.2. The first-order valence-corrected chi connectivity index (χ1v) is 7.79. The number of nitrogens with one attached hydrogen (secondary N) is 1. The highest BCUT2D eigenvalue weighted by atomic mass is 32.2. The maximum absolute atomic E-state index is 13.1. The summed E-state index contributed by atoms with van der Waals surface area (Å²) >= 11 is 0. The standard InChI is InChI=1S/C13H14FN3O4S/c1-20-12-7-11(15-13(16-12)21-2)17-22(18,19)8-9-4-3-5-10(14)6-9/h3-7H,8H2,1-2H3,(H,15,16,17). The van der Waals surface area contributed by atoms with Gasteiger partial charge in [-0.1, -0.05) is 12.1 Å². The SMILES string of the molecule is COc1cc(NS(=O)(=O)Cc2cccc(F)c2)nc(OC)n1. The van der Waals surface area contributed by atoms with Crippen LogP contribution in [-0.2, 0) is 15.8 Å². The summed E-state index contributed by atoms with van der Waals surface area (Å²) in [5, 5.41) is 0. The average Bonchev–Trinajstić information content (AvgIpc) is 2.45. The monoisotopic (exact) mass is 327 g/mol. The molecule has 9 heteroatoms. The van der Waals surface area contributed by atoms with Gasteiger partial charge in [-0.15, -0.1) is 0 Å². The molecule has 0 amide bonds. The van der Waals surface area contributed by atoms with Crippen molar-refractivity contribution in [1.82, 2.24) is 9.97 Å². The Morgan fingerprint density at radius 3 is 2.59 bits per heavy atom. The van der Waals surface area contributed by atoms with E-state index in [0.29, 0.717) is 5.56 Å². The van der Waals surface area contributed by atoms with Gasteiger partial charge in [-0.25, -0.2) is 12.8 Å². The first-order valence-electron chi connectivity index (χ1n) is 6.14. The number of ether oxygens (including phenoxy) is 2. The van der Waals surface area contributed by atoms with E-state index >= 15 is 0 Å². The van der Waals surface area contributed by atoms with Crippen molar-refractivity contribution in [2.24, 2.45) is 0 Å². The van der Waals surface area contributed by atoms with Crippen LogP contribution >= 0.6 is 0 Å². The fourth-order valence-corrected chi connectivity index (χ4v) is 2.81. The van der Waals surface area contributed by atoms with Crippen LogP contribution in [0.5, 0.6) is 11.9 Å². The average molecular weight is 327 g/mol. The Balaban J connectivity index is 2.21. The molecule has 2 aromatic rings. The van der Waals surface area contributed by atoms with Crippen LogP contribution in [0.25, 0.3) is 0 Å². The lowest BCUT2D eigenvalue weighted by molar-refractivity contribution is 0.353. The molecule has 0 saturated carbocycles. The maximum Gasteiger partial charge on any atom is 0.321 e. The number of sulfonamides is 1. The minimum atomic E-state index is -3.77. The molecular weight excluding hydrogens is 313 g/mol. The van der Waals surface area contributed by atoms with E-state index in [4.69, 9.17) is 9.47 Å². The topological polar surface area (TPSA) is 90.4 Å². The van der Waals surface area contributed by atoms with E-state index in [1.807, 2.05) is 0 Å². The molecule has 0 aliphatic heterocycles. The Bertz CT molecular complexity index is 745. The van der Waals surface area contributed by atoms with Crippen molar-refractivity contribution in [3.63, 3.8) is 0 Å². The number of halogens is 1. The molecule has 1 N–H and O–H groups in total. The van der Waals surface area contributed by atoms with Crippen molar-refractivity contribution in [2.45, 2.75) is 5.75 Å². The summed E-state index contributed by atoms with van der Waals surface area (Å²) in [5.41, 5.74) is 0.320. The van der Waals surface area contributed by atoms with Gasteiger partial charge >= 0.3 is 6.01 Å². The first-order chi connectivity index (χ1) is 10.4. The third-order valence-electron chi connectivity index (χ3n) is 2.58. The quantitative estimate of drug-likeness (QED) is 0.866. The second-order valence-corrected chi connectivity index (χ2v) is 6.00. The lowest BCUT2D eigenvalue weighted by Gasteiger charge is -2.09. The minimum absolute atomic E-state index is 0.0000954. The van der Waals surface area contributed by atoms with Crippen molar-refractivity contribution in [1.29, 1.82) is 0 Å². The second kappa shape index (κ2) is 6.56. The number of aromatic nitrogens is 2. The van der Waals surface area contributed by atoms with E-state index < -0.39 is 15.8 Å². The Kier molecular flexibility index (Phi) is 4.76. The largest absolute Gasteiger partial charge is 0.481 e. The van der Waals surface area contributed by atoms with Crippen molar-refractivity contribution in [3.8, 4) is 11.9 Å². The predicted molar refractivity (Wildman–Crippen MR) is 77.8 cm³/mol. The van der Waals surface area contributed by atoms with Crippen LogP contribution in [0.4, 0.5) is 10.2 Å². The molecule has 0 aliphatic carbocycles. The Labute approximate surface area is 127 Å². The van der Waals surface area contributed by atoms with Gasteiger partial charge in [0.1, 0.15) is 5.82 Å². The molecular formula is C13H14FN3O4S. The van der Waals surface area contributed by atoms with Crippen LogP contribution in [0.2, 0.25) is 0 Å². The molecule has 0 fully saturated rings. The highest BCUT2D eigenvalue weighted by Crippen LogP contribution is 2.19. The number of hydrogen-bond donors (Lipinski definition) is 1. The number of methoxy groups -OCH3 is 2. The van der Waals surface area contributed by atoms with Gasteiger partial charge in [-0.3, -0.25) is 4.72 Å². The van der Waals surface area contributed by atoms with Crippen molar-refractivity contribution in [2.75, 3.05) is 18.9 Å². The van der Waals surface area contributed by atoms with E-state index in [2.05, 4.69) is 14.7 Å². The number of benzene rings is 1. The van der Waals surface area contributed by atoms with Gasteiger partial charge < -0.3 is 9.47 Å². The van der Waals surface area contributed by atoms with E-state index in [0.717, 1.165) is 6.07 Å². The van der Waals surface area contributed by atoms with Gasteiger partial charge in [0.25, 0.3) is 0 Å². The van der Waals surface area contributed by atoms with Crippen LogP contribution in [0.15, 0.2) is 30.3 Å². The normalized spacial score (nSPS) is 11.0. The van der Waals surface area contributed by atoms with Crippen LogP contribution in [0.3, 0.4) is 0 Å². The summed E-state index contributed by atoms with van der Waals surface area (Å²) in [4.78, 5) is 7.72. The van der Waals surface area contributed by atoms with Gasteiger partial charge in [-0.05, 0) is 17.7 Å². The molecule has 0 atom stereocenters. The first kappa shape index (κ1) is 16.0. The summed E-state index contributed by atoms with van der Waals surface area (Å²) < 4.78 is 49.4. The Morgan fingerprint density at radius 2 is 1.95 bits per heavy atom. The van der Waals surface area contributed by atoms with Crippen molar-refractivity contribution in [3.05, 3.63) is 41.7 Å². The van der Waals surface area contributed by atoms with Gasteiger partial charge in [0.05, 0.1) is 20.0 Å². The molecule has 1 aromatic carbocycles. The molecule has 1 heterocycles. The lowest BCUT2D eigenvalue weighted by atomic mass is 10.2. The Morgan fingerprint density at radius 1 is 1.18 bits per heavy atom. The molecule has 0 radical (unpaired) electrons. The van der Waals surface area contributed by atoms with Crippen LogP contribution < -0.4 is 14.2 Å². The zero-order valence-electron chi connectivity index (χ0n) is 11.9. The maximum atomic E-state index is 13.1. The molecule has 118 valence electrons. The summed E-state index contributed by atoms with van der Waals surface area (Å²) in [6, 6.07) is 6.62. The van der Waals surface area contributed by atoms with E-state index in [9.17, 15) is 12.8 Å². The lowest BCUT2D eigenvalue weighted by Crippen LogP contribution is -2.16. The number of nitrogens with zero attached hydrogens (tertiary/aromatic N) is 2. The summed E-state index contributed by atoms with van der Waals surface area (Å²) in [7, 11) is -1.04. The summed E-state index contributed by atoms with van der Waals surface area (Å²) in [5.74, 6) is -0.743. The number of anilines is 1. The highest BCUT2D eigenvalue weighted by molar-refractivity contribution is 7.91. The van der Waals surface area contributed by atoms with Gasteiger partial charge in [0.2, 0.25) is 15.9 Å². The smallest absolute Gasteiger partial charge is 0.321 e. The fraction of sp³-hybridized carbons (Fsp3) is 0.231.